The van der Waals surface area contributed by atoms with Crippen molar-refractivity contribution in [2.45, 2.75) is 62.8 Å². The van der Waals surface area contributed by atoms with Crippen LogP contribution in [-0.2, 0) is 9.84 Å². The molecule has 5 heteroatoms. The zero-order valence-corrected chi connectivity index (χ0v) is 11.9. The molecule has 102 valence electrons. The van der Waals surface area contributed by atoms with E-state index in [-0.39, 0.29) is 11.0 Å². The predicted molar refractivity (Wildman–Crippen MR) is 69.8 cm³/mol. The molecular formula is C12H25NO3S. The Labute approximate surface area is 105 Å². The highest BCUT2D eigenvalue weighted by Gasteiger charge is 2.34. The van der Waals surface area contributed by atoms with Gasteiger partial charge in [0.1, 0.15) is 0 Å². The van der Waals surface area contributed by atoms with Gasteiger partial charge in [0.25, 0.3) is 0 Å². The number of sulfone groups is 1. The second-order valence-electron chi connectivity index (χ2n) is 5.45. The van der Waals surface area contributed by atoms with Gasteiger partial charge in [0.05, 0.1) is 16.6 Å². The van der Waals surface area contributed by atoms with E-state index >= 15 is 0 Å². The fraction of sp³-hybridized carbons (Fsp3) is 1.00. The molecule has 0 atom stereocenters. The molecule has 0 heterocycles. The number of hydrogen-bond acceptors (Lipinski definition) is 4. The van der Waals surface area contributed by atoms with Crippen molar-refractivity contribution in [1.82, 2.24) is 5.32 Å². The van der Waals surface area contributed by atoms with E-state index in [1.54, 1.807) is 13.8 Å². The highest BCUT2D eigenvalue weighted by atomic mass is 32.2. The molecule has 1 saturated carbocycles. The maximum atomic E-state index is 11.7. The molecule has 4 nitrogen and oxygen atoms in total. The van der Waals surface area contributed by atoms with Crippen LogP contribution in [0.25, 0.3) is 0 Å². The van der Waals surface area contributed by atoms with Gasteiger partial charge in [-0.05, 0) is 53.0 Å². The second kappa shape index (κ2) is 5.67. The summed E-state index contributed by atoms with van der Waals surface area (Å²) in [5.74, 6) is 0.103. The molecule has 0 aromatic heterocycles. The van der Waals surface area contributed by atoms with Crippen LogP contribution in [0.2, 0.25) is 0 Å². The molecule has 0 bridgehead atoms. The van der Waals surface area contributed by atoms with Gasteiger partial charge in [-0.25, -0.2) is 8.42 Å². The highest BCUT2D eigenvalue weighted by molar-refractivity contribution is 7.91. The van der Waals surface area contributed by atoms with Crippen LogP contribution in [0.5, 0.6) is 0 Å². The predicted octanol–water partition coefficient (Wildman–Crippen LogP) is 1.09. The average molecular weight is 263 g/mol. The first-order valence-corrected chi connectivity index (χ1v) is 8.12. The molecular weight excluding hydrogens is 238 g/mol. The minimum absolute atomic E-state index is 0.103. The third kappa shape index (κ3) is 4.23. The quantitative estimate of drug-likeness (QED) is 0.779. The summed E-state index contributed by atoms with van der Waals surface area (Å²) in [5.41, 5.74) is -0.769. The van der Waals surface area contributed by atoms with E-state index in [1.807, 2.05) is 7.05 Å². The second-order valence-corrected chi connectivity index (χ2v) is 8.13. The maximum Gasteiger partial charge on any atom is 0.152 e. The summed E-state index contributed by atoms with van der Waals surface area (Å²) in [6, 6.07) is 0.469. The summed E-state index contributed by atoms with van der Waals surface area (Å²) in [4.78, 5) is 0. The SMILES string of the molecule is CNC1CCC(O)(CCS(=O)(=O)C(C)C)CC1. The van der Waals surface area contributed by atoms with E-state index in [4.69, 9.17) is 0 Å². The van der Waals surface area contributed by atoms with Crippen LogP contribution in [0, 0.1) is 0 Å². The van der Waals surface area contributed by atoms with Crippen molar-refractivity contribution in [2.75, 3.05) is 12.8 Å². The molecule has 0 aromatic rings. The van der Waals surface area contributed by atoms with Crippen molar-refractivity contribution >= 4 is 9.84 Å². The number of aliphatic hydroxyl groups is 1. The number of hydrogen-bond donors (Lipinski definition) is 2. The lowest BCUT2D eigenvalue weighted by atomic mass is 9.80. The van der Waals surface area contributed by atoms with Gasteiger partial charge in [0, 0.05) is 6.04 Å². The molecule has 0 saturated heterocycles. The Morgan fingerprint density at radius 2 is 1.88 bits per heavy atom. The van der Waals surface area contributed by atoms with Crippen LogP contribution in [0.15, 0.2) is 0 Å². The van der Waals surface area contributed by atoms with E-state index in [0.29, 0.717) is 25.3 Å². The molecule has 0 radical (unpaired) electrons. The Balaban J connectivity index is 2.47. The third-order valence-electron chi connectivity index (χ3n) is 3.89. The van der Waals surface area contributed by atoms with E-state index in [1.165, 1.54) is 0 Å². The van der Waals surface area contributed by atoms with Gasteiger partial charge in [-0.15, -0.1) is 0 Å². The lowest BCUT2D eigenvalue weighted by Gasteiger charge is -2.36. The van der Waals surface area contributed by atoms with Gasteiger partial charge in [-0.2, -0.15) is 0 Å². The van der Waals surface area contributed by atoms with Gasteiger partial charge >= 0.3 is 0 Å². The van der Waals surface area contributed by atoms with Crippen LogP contribution >= 0.6 is 0 Å². The minimum Gasteiger partial charge on any atom is -0.390 e. The Morgan fingerprint density at radius 3 is 2.29 bits per heavy atom. The van der Waals surface area contributed by atoms with Gasteiger partial charge in [-0.3, -0.25) is 0 Å². The molecule has 1 aliphatic carbocycles. The fourth-order valence-electron chi connectivity index (χ4n) is 2.26. The molecule has 0 spiro atoms. The standard InChI is InChI=1S/C12H25NO3S/c1-10(2)17(15,16)9-8-12(14)6-4-11(13-3)5-7-12/h10-11,13-14H,4-9H2,1-3H3. The van der Waals surface area contributed by atoms with Crippen molar-refractivity contribution in [3.63, 3.8) is 0 Å². The summed E-state index contributed by atoms with van der Waals surface area (Å²) in [7, 11) is -1.10. The van der Waals surface area contributed by atoms with Gasteiger partial charge in [-0.1, -0.05) is 0 Å². The molecule has 1 aliphatic rings. The van der Waals surface area contributed by atoms with E-state index in [0.717, 1.165) is 12.8 Å². The van der Waals surface area contributed by atoms with Crippen LogP contribution in [-0.4, -0.2) is 43.2 Å². The first-order chi connectivity index (χ1) is 7.79. The molecule has 17 heavy (non-hydrogen) atoms. The molecule has 1 fully saturated rings. The molecule has 0 aliphatic heterocycles. The Morgan fingerprint density at radius 1 is 1.35 bits per heavy atom. The molecule has 0 amide bonds. The van der Waals surface area contributed by atoms with Crippen LogP contribution in [0.1, 0.15) is 46.0 Å². The molecule has 0 unspecified atom stereocenters. The largest absolute Gasteiger partial charge is 0.390 e. The zero-order valence-electron chi connectivity index (χ0n) is 11.1. The molecule has 1 rings (SSSR count). The van der Waals surface area contributed by atoms with Crippen LogP contribution in [0.4, 0.5) is 0 Å². The van der Waals surface area contributed by atoms with Crippen molar-refractivity contribution in [3.8, 4) is 0 Å². The Kier molecular flexibility index (Phi) is 4.98. The van der Waals surface area contributed by atoms with Crippen LogP contribution < -0.4 is 5.32 Å². The third-order valence-corrected chi connectivity index (χ3v) is 6.10. The van der Waals surface area contributed by atoms with Crippen molar-refractivity contribution < 1.29 is 13.5 Å². The summed E-state index contributed by atoms with van der Waals surface area (Å²) in [6.07, 6.45) is 3.63. The summed E-state index contributed by atoms with van der Waals surface area (Å²) < 4.78 is 23.4. The highest BCUT2D eigenvalue weighted by Crippen LogP contribution is 2.31. The summed E-state index contributed by atoms with van der Waals surface area (Å²) >= 11 is 0. The molecule has 0 aromatic carbocycles. The molecule has 2 N–H and O–H groups in total. The Bertz CT molecular complexity index is 330. The first-order valence-electron chi connectivity index (χ1n) is 6.40. The van der Waals surface area contributed by atoms with Gasteiger partial charge in [0.15, 0.2) is 9.84 Å². The van der Waals surface area contributed by atoms with E-state index < -0.39 is 15.4 Å². The topological polar surface area (TPSA) is 66.4 Å². The lowest BCUT2D eigenvalue weighted by Crippen LogP contribution is -2.41. The van der Waals surface area contributed by atoms with E-state index in [2.05, 4.69) is 5.32 Å². The van der Waals surface area contributed by atoms with Crippen molar-refractivity contribution in [2.24, 2.45) is 0 Å². The average Bonchev–Trinajstić information content (AvgIpc) is 2.28. The Hall–Kier alpha value is -0.130. The normalized spacial score (nSPS) is 30.8. The monoisotopic (exact) mass is 263 g/mol. The fourth-order valence-corrected chi connectivity index (χ4v) is 3.40. The number of rotatable bonds is 5. The smallest absolute Gasteiger partial charge is 0.152 e. The zero-order chi connectivity index (χ0) is 13.1. The van der Waals surface area contributed by atoms with Crippen LogP contribution in [0.3, 0.4) is 0 Å². The number of nitrogens with one attached hydrogen (secondary N) is 1. The lowest BCUT2D eigenvalue weighted by molar-refractivity contribution is -0.00543. The maximum absolute atomic E-state index is 11.7. The summed E-state index contributed by atoms with van der Waals surface area (Å²) in [6.45, 7) is 3.38. The van der Waals surface area contributed by atoms with E-state index in [9.17, 15) is 13.5 Å². The van der Waals surface area contributed by atoms with Crippen molar-refractivity contribution in [3.05, 3.63) is 0 Å². The summed E-state index contributed by atoms with van der Waals surface area (Å²) in [5, 5.41) is 13.2. The van der Waals surface area contributed by atoms with Gasteiger partial charge < -0.3 is 10.4 Å². The van der Waals surface area contributed by atoms with Crippen molar-refractivity contribution in [1.29, 1.82) is 0 Å². The minimum atomic E-state index is -3.03. The first kappa shape index (κ1) is 14.9. The van der Waals surface area contributed by atoms with Gasteiger partial charge in [0.2, 0.25) is 0 Å².